The Labute approximate surface area is 108 Å². The number of anilines is 2. The van der Waals surface area contributed by atoms with Crippen LogP contribution in [0.15, 0.2) is 6.33 Å². The predicted octanol–water partition coefficient (Wildman–Crippen LogP) is 1.57. The second kappa shape index (κ2) is 5.10. The summed E-state index contributed by atoms with van der Waals surface area (Å²) < 4.78 is 0. The Morgan fingerprint density at radius 1 is 1.39 bits per heavy atom. The number of nitrogens with one attached hydrogen (secondary N) is 1. The maximum Gasteiger partial charge on any atom is 0.136 e. The van der Waals surface area contributed by atoms with Crippen molar-refractivity contribution < 1.29 is 5.11 Å². The highest BCUT2D eigenvalue weighted by atomic mass is 16.3. The second-order valence-corrected chi connectivity index (χ2v) is 5.21. The zero-order valence-electron chi connectivity index (χ0n) is 11.4. The number of aromatic nitrogens is 2. The summed E-state index contributed by atoms with van der Waals surface area (Å²) in [6.45, 7) is 2.63. The molecule has 0 atom stereocenters. The average Bonchev–Trinajstić information content (AvgIpc) is 2.76. The molecule has 0 unspecified atom stereocenters. The van der Waals surface area contributed by atoms with Gasteiger partial charge in [-0.15, -0.1) is 0 Å². The summed E-state index contributed by atoms with van der Waals surface area (Å²) in [6, 6.07) is 0. The fourth-order valence-electron chi connectivity index (χ4n) is 2.79. The van der Waals surface area contributed by atoms with Crippen LogP contribution < -0.4 is 10.2 Å². The first kappa shape index (κ1) is 13.1. The molecule has 18 heavy (non-hydrogen) atoms. The molecule has 2 N–H and O–H groups in total. The highest BCUT2D eigenvalue weighted by molar-refractivity contribution is 5.57. The zero-order chi connectivity index (χ0) is 13.2. The molecule has 5 heteroatoms. The van der Waals surface area contributed by atoms with Crippen LogP contribution in [0.4, 0.5) is 11.6 Å². The SMILES string of the molecule is CNc1ncnc(N(C)CC2(O)CCCC2)c1C. The van der Waals surface area contributed by atoms with E-state index in [1.165, 1.54) is 0 Å². The molecule has 0 radical (unpaired) electrons. The minimum absolute atomic E-state index is 0.550. The smallest absolute Gasteiger partial charge is 0.136 e. The van der Waals surface area contributed by atoms with Gasteiger partial charge in [-0.2, -0.15) is 0 Å². The third-order valence-corrected chi connectivity index (χ3v) is 3.72. The van der Waals surface area contributed by atoms with Crippen LogP contribution in [0.2, 0.25) is 0 Å². The van der Waals surface area contributed by atoms with Gasteiger partial charge in [-0.1, -0.05) is 12.8 Å². The van der Waals surface area contributed by atoms with E-state index >= 15 is 0 Å². The molecule has 1 fully saturated rings. The Bertz CT molecular complexity index is 415. The van der Waals surface area contributed by atoms with E-state index in [9.17, 15) is 5.11 Å². The lowest BCUT2D eigenvalue weighted by molar-refractivity contribution is 0.0558. The van der Waals surface area contributed by atoms with Gasteiger partial charge < -0.3 is 15.3 Å². The molecular weight excluding hydrogens is 228 g/mol. The van der Waals surface area contributed by atoms with Crippen LogP contribution in [0.1, 0.15) is 31.2 Å². The molecule has 0 amide bonds. The van der Waals surface area contributed by atoms with Crippen molar-refractivity contribution in [3.05, 3.63) is 11.9 Å². The van der Waals surface area contributed by atoms with Gasteiger partial charge in [-0.05, 0) is 19.8 Å². The van der Waals surface area contributed by atoms with E-state index in [-0.39, 0.29) is 0 Å². The second-order valence-electron chi connectivity index (χ2n) is 5.21. The molecule has 0 saturated heterocycles. The Morgan fingerprint density at radius 2 is 2.06 bits per heavy atom. The van der Waals surface area contributed by atoms with E-state index in [0.29, 0.717) is 6.54 Å². The molecule has 0 aromatic carbocycles. The molecule has 1 aliphatic carbocycles. The molecular formula is C13H22N4O. The van der Waals surface area contributed by atoms with E-state index in [1.807, 2.05) is 25.9 Å². The van der Waals surface area contributed by atoms with Crippen molar-refractivity contribution in [3.8, 4) is 0 Å². The van der Waals surface area contributed by atoms with Crippen molar-refractivity contribution in [2.45, 2.75) is 38.2 Å². The van der Waals surface area contributed by atoms with Crippen LogP contribution >= 0.6 is 0 Å². The lowest BCUT2D eigenvalue weighted by atomic mass is 10.0. The van der Waals surface area contributed by atoms with Crippen LogP contribution in [0.3, 0.4) is 0 Å². The highest BCUT2D eigenvalue weighted by Crippen LogP contribution is 2.31. The van der Waals surface area contributed by atoms with Crippen LogP contribution in [-0.4, -0.2) is 41.3 Å². The number of likely N-dealkylation sites (N-methyl/N-ethyl adjacent to an activating group) is 1. The standard InChI is InChI=1S/C13H22N4O/c1-10-11(14-2)15-9-16-12(10)17(3)8-13(18)6-4-5-7-13/h9,18H,4-8H2,1-3H3,(H,14,15,16). The Hall–Kier alpha value is -1.36. The molecule has 1 heterocycles. The first-order valence-electron chi connectivity index (χ1n) is 6.48. The number of rotatable bonds is 4. The molecule has 0 aliphatic heterocycles. The van der Waals surface area contributed by atoms with Crippen LogP contribution in [0.25, 0.3) is 0 Å². The fourth-order valence-corrected chi connectivity index (χ4v) is 2.79. The summed E-state index contributed by atoms with van der Waals surface area (Å²) in [5.74, 6) is 1.72. The predicted molar refractivity (Wildman–Crippen MR) is 73.0 cm³/mol. The summed E-state index contributed by atoms with van der Waals surface area (Å²) in [5, 5.41) is 13.5. The van der Waals surface area contributed by atoms with Crippen LogP contribution in [0, 0.1) is 6.92 Å². The number of nitrogens with zero attached hydrogens (tertiary/aromatic N) is 3. The zero-order valence-corrected chi connectivity index (χ0v) is 11.4. The molecule has 1 aliphatic rings. The van der Waals surface area contributed by atoms with Crippen molar-refractivity contribution in [3.63, 3.8) is 0 Å². The van der Waals surface area contributed by atoms with E-state index in [4.69, 9.17) is 0 Å². The third kappa shape index (κ3) is 2.56. The number of hydrogen-bond donors (Lipinski definition) is 2. The maximum absolute atomic E-state index is 10.4. The molecule has 100 valence electrons. The van der Waals surface area contributed by atoms with Gasteiger partial charge in [0.2, 0.25) is 0 Å². The quantitative estimate of drug-likeness (QED) is 0.849. The Balaban J connectivity index is 2.15. The summed E-state index contributed by atoms with van der Waals surface area (Å²) in [5.41, 5.74) is 0.468. The molecule has 0 spiro atoms. The van der Waals surface area contributed by atoms with Gasteiger partial charge in [0, 0.05) is 26.2 Å². The topological polar surface area (TPSA) is 61.3 Å². The summed E-state index contributed by atoms with van der Waals surface area (Å²) in [6.07, 6.45) is 5.58. The summed E-state index contributed by atoms with van der Waals surface area (Å²) in [7, 11) is 3.83. The number of hydrogen-bond acceptors (Lipinski definition) is 5. The highest BCUT2D eigenvalue weighted by Gasteiger charge is 2.32. The third-order valence-electron chi connectivity index (χ3n) is 3.72. The van der Waals surface area contributed by atoms with Crippen molar-refractivity contribution in [1.29, 1.82) is 0 Å². The van der Waals surface area contributed by atoms with Gasteiger partial charge in [0.25, 0.3) is 0 Å². The first-order valence-corrected chi connectivity index (χ1v) is 6.48. The van der Waals surface area contributed by atoms with Crippen molar-refractivity contribution in [2.24, 2.45) is 0 Å². The van der Waals surface area contributed by atoms with Crippen LogP contribution in [0.5, 0.6) is 0 Å². The summed E-state index contributed by atoms with van der Waals surface area (Å²) >= 11 is 0. The molecule has 0 bridgehead atoms. The normalized spacial score (nSPS) is 17.8. The maximum atomic E-state index is 10.4. The van der Waals surface area contributed by atoms with E-state index < -0.39 is 5.60 Å². The van der Waals surface area contributed by atoms with Gasteiger partial charge in [0.1, 0.15) is 18.0 Å². The lowest BCUT2D eigenvalue weighted by Gasteiger charge is -2.30. The molecule has 1 aromatic heterocycles. The summed E-state index contributed by atoms with van der Waals surface area (Å²) in [4.78, 5) is 10.5. The molecule has 1 aromatic rings. The first-order chi connectivity index (χ1) is 8.56. The average molecular weight is 250 g/mol. The molecule has 5 nitrogen and oxygen atoms in total. The lowest BCUT2D eigenvalue weighted by Crippen LogP contribution is -2.39. The minimum atomic E-state index is -0.550. The van der Waals surface area contributed by atoms with Crippen LogP contribution in [-0.2, 0) is 0 Å². The van der Waals surface area contributed by atoms with Gasteiger partial charge in [-0.3, -0.25) is 0 Å². The molecule has 1 saturated carbocycles. The fraction of sp³-hybridized carbons (Fsp3) is 0.692. The van der Waals surface area contributed by atoms with E-state index in [1.54, 1.807) is 6.33 Å². The monoisotopic (exact) mass is 250 g/mol. The van der Waals surface area contributed by atoms with Gasteiger partial charge in [-0.25, -0.2) is 9.97 Å². The molecule has 2 rings (SSSR count). The number of aliphatic hydroxyl groups is 1. The minimum Gasteiger partial charge on any atom is -0.388 e. The van der Waals surface area contributed by atoms with E-state index in [0.717, 1.165) is 42.9 Å². The van der Waals surface area contributed by atoms with Crippen molar-refractivity contribution in [2.75, 3.05) is 30.9 Å². The Morgan fingerprint density at radius 3 is 2.67 bits per heavy atom. The largest absolute Gasteiger partial charge is 0.388 e. The van der Waals surface area contributed by atoms with Gasteiger partial charge >= 0.3 is 0 Å². The van der Waals surface area contributed by atoms with Gasteiger partial charge in [0.05, 0.1) is 5.60 Å². The van der Waals surface area contributed by atoms with Gasteiger partial charge in [0.15, 0.2) is 0 Å². The Kier molecular flexibility index (Phi) is 3.71. The van der Waals surface area contributed by atoms with Crippen molar-refractivity contribution >= 4 is 11.6 Å². The van der Waals surface area contributed by atoms with E-state index in [2.05, 4.69) is 15.3 Å². The van der Waals surface area contributed by atoms with Crippen molar-refractivity contribution in [1.82, 2.24) is 9.97 Å².